The lowest BCUT2D eigenvalue weighted by Crippen LogP contribution is -2.46. The standard InChI is InChI=1S/C13H14N2OS/c16-13(15-7-5-14-6-8-15)12-9-10-3-1-2-4-11(10)17-12/h1-4,9,14H,5-8H2. The fraction of sp³-hybridized carbons (Fsp3) is 0.308. The molecular weight excluding hydrogens is 232 g/mol. The van der Waals surface area contributed by atoms with Crippen molar-refractivity contribution in [2.75, 3.05) is 26.2 Å². The second-order valence-electron chi connectivity index (χ2n) is 4.19. The third-order valence-electron chi connectivity index (χ3n) is 3.04. The van der Waals surface area contributed by atoms with Crippen LogP contribution in [0.4, 0.5) is 0 Å². The molecule has 0 radical (unpaired) electrons. The number of nitrogens with zero attached hydrogens (tertiary/aromatic N) is 1. The maximum absolute atomic E-state index is 12.3. The van der Waals surface area contributed by atoms with E-state index in [2.05, 4.69) is 17.4 Å². The molecule has 17 heavy (non-hydrogen) atoms. The van der Waals surface area contributed by atoms with E-state index in [1.165, 1.54) is 4.70 Å². The summed E-state index contributed by atoms with van der Waals surface area (Å²) in [4.78, 5) is 15.1. The molecule has 1 aliphatic rings. The Labute approximate surface area is 104 Å². The van der Waals surface area contributed by atoms with Crippen LogP contribution < -0.4 is 5.32 Å². The molecule has 2 aromatic rings. The molecule has 0 spiro atoms. The molecule has 1 saturated heterocycles. The molecular formula is C13H14N2OS. The van der Waals surface area contributed by atoms with Gasteiger partial charge >= 0.3 is 0 Å². The van der Waals surface area contributed by atoms with Gasteiger partial charge in [-0.05, 0) is 17.5 Å². The Morgan fingerprint density at radius 1 is 1.24 bits per heavy atom. The number of piperazine rings is 1. The van der Waals surface area contributed by atoms with E-state index in [1.807, 2.05) is 23.1 Å². The third kappa shape index (κ3) is 2.06. The maximum Gasteiger partial charge on any atom is 0.264 e. The average Bonchev–Trinajstić information content (AvgIpc) is 2.82. The van der Waals surface area contributed by atoms with Gasteiger partial charge in [-0.15, -0.1) is 11.3 Å². The number of carbonyl (C=O) groups excluding carboxylic acids is 1. The Balaban J connectivity index is 1.89. The van der Waals surface area contributed by atoms with Crippen LogP contribution in [0.15, 0.2) is 30.3 Å². The van der Waals surface area contributed by atoms with Crippen LogP contribution in [-0.2, 0) is 0 Å². The van der Waals surface area contributed by atoms with Crippen LogP contribution in [0.3, 0.4) is 0 Å². The van der Waals surface area contributed by atoms with E-state index in [0.717, 1.165) is 36.4 Å². The second kappa shape index (κ2) is 4.47. The van der Waals surface area contributed by atoms with Crippen molar-refractivity contribution in [3.63, 3.8) is 0 Å². The zero-order chi connectivity index (χ0) is 11.7. The van der Waals surface area contributed by atoms with Gasteiger partial charge in [-0.25, -0.2) is 0 Å². The average molecular weight is 246 g/mol. The molecule has 1 fully saturated rings. The molecule has 0 atom stereocenters. The van der Waals surface area contributed by atoms with Crippen molar-refractivity contribution in [2.24, 2.45) is 0 Å². The van der Waals surface area contributed by atoms with Crippen molar-refractivity contribution >= 4 is 27.3 Å². The molecule has 3 rings (SSSR count). The Hall–Kier alpha value is -1.39. The first-order chi connectivity index (χ1) is 8.34. The first-order valence-corrected chi connectivity index (χ1v) is 6.65. The van der Waals surface area contributed by atoms with E-state index in [9.17, 15) is 4.79 Å². The molecule has 1 amide bonds. The van der Waals surface area contributed by atoms with Crippen LogP contribution in [0, 0.1) is 0 Å². The summed E-state index contributed by atoms with van der Waals surface area (Å²) in [6.45, 7) is 3.42. The Morgan fingerprint density at radius 2 is 2.00 bits per heavy atom. The highest BCUT2D eigenvalue weighted by Crippen LogP contribution is 2.26. The van der Waals surface area contributed by atoms with Gasteiger partial charge in [0.2, 0.25) is 0 Å². The highest BCUT2D eigenvalue weighted by molar-refractivity contribution is 7.20. The van der Waals surface area contributed by atoms with Crippen molar-refractivity contribution in [3.8, 4) is 0 Å². The number of thiophene rings is 1. The van der Waals surface area contributed by atoms with Crippen molar-refractivity contribution in [1.29, 1.82) is 0 Å². The fourth-order valence-corrected chi connectivity index (χ4v) is 3.14. The van der Waals surface area contributed by atoms with E-state index in [4.69, 9.17) is 0 Å². The van der Waals surface area contributed by atoms with Crippen molar-refractivity contribution in [3.05, 3.63) is 35.2 Å². The van der Waals surface area contributed by atoms with E-state index < -0.39 is 0 Å². The maximum atomic E-state index is 12.3. The van der Waals surface area contributed by atoms with Crippen LogP contribution in [0.1, 0.15) is 9.67 Å². The smallest absolute Gasteiger partial charge is 0.264 e. The van der Waals surface area contributed by atoms with Gasteiger partial charge in [-0.3, -0.25) is 4.79 Å². The monoisotopic (exact) mass is 246 g/mol. The van der Waals surface area contributed by atoms with Crippen LogP contribution >= 0.6 is 11.3 Å². The van der Waals surface area contributed by atoms with Gasteiger partial charge < -0.3 is 10.2 Å². The zero-order valence-corrected chi connectivity index (χ0v) is 10.3. The van der Waals surface area contributed by atoms with Crippen LogP contribution in [0.2, 0.25) is 0 Å². The summed E-state index contributed by atoms with van der Waals surface area (Å²) >= 11 is 1.59. The predicted molar refractivity (Wildman–Crippen MR) is 70.6 cm³/mol. The molecule has 1 aromatic carbocycles. The second-order valence-corrected chi connectivity index (χ2v) is 5.27. The lowest BCUT2D eigenvalue weighted by molar-refractivity contribution is 0.0741. The minimum atomic E-state index is 0.174. The van der Waals surface area contributed by atoms with Gasteiger partial charge in [0.1, 0.15) is 0 Å². The molecule has 4 heteroatoms. The minimum absolute atomic E-state index is 0.174. The molecule has 1 aromatic heterocycles. The van der Waals surface area contributed by atoms with Crippen molar-refractivity contribution < 1.29 is 4.79 Å². The Morgan fingerprint density at radius 3 is 2.76 bits per heavy atom. The number of rotatable bonds is 1. The fourth-order valence-electron chi connectivity index (χ4n) is 2.11. The summed E-state index contributed by atoms with van der Waals surface area (Å²) < 4.78 is 1.19. The normalized spacial score (nSPS) is 16.4. The molecule has 88 valence electrons. The number of benzene rings is 1. The van der Waals surface area contributed by atoms with E-state index in [1.54, 1.807) is 11.3 Å². The molecule has 1 aliphatic heterocycles. The summed E-state index contributed by atoms with van der Waals surface area (Å²) in [5.74, 6) is 0.174. The molecule has 0 bridgehead atoms. The van der Waals surface area contributed by atoms with E-state index in [0.29, 0.717) is 0 Å². The lowest BCUT2D eigenvalue weighted by atomic mass is 10.2. The first kappa shape index (κ1) is 10.7. The number of hydrogen-bond acceptors (Lipinski definition) is 3. The summed E-state index contributed by atoms with van der Waals surface area (Å²) in [7, 11) is 0. The van der Waals surface area contributed by atoms with Crippen LogP contribution in [-0.4, -0.2) is 37.0 Å². The number of fused-ring (bicyclic) bond motifs is 1. The summed E-state index contributed by atoms with van der Waals surface area (Å²) in [5.41, 5.74) is 0. The number of hydrogen-bond donors (Lipinski definition) is 1. The Kier molecular flexibility index (Phi) is 2.82. The van der Waals surface area contributed by atoms with Gasteiger partial charge in [0.15, 0.2) is 0 Å². The summed E-state index contributed by atoms with van der Waals surface area (Å²) in [6.07, 6.45) is 0. The molecule has 0 saturated carbocycles. The van der Waals surface area contributed by atoms with Crippen LogP contribution in [0.5, 0.6) is 0 Å². The van der Waals surface area contributed by atoms with Crippen molar-refractivity contribution in [2.45, 2.75) is 0 Å². The molecule has 0 unspecified atom stereocenters. The van der Waals surface area contributed by atoms with Gasteiger partial charge in [0.25, 0.3) is 5.91 Å². The SMILES string of the molecule is O=C(c1cc2ccccc2s1)N1CCNCC1. The first-order valence-electron chi connectivity index (χ1n) is 5.83. The van der Waals surface area contributed by atoms with E-state index >= 15 is 0 Å². The van der Waals surface area contributed by atoms with Gasteiger partial charge in [-0.2, -0.15) is 0 Å². The molecule has 0 aliphatic carbocycles. The van der Waals surface area contributed by atoms with E-state index in [-0.39, 0.29) is 5.91 Å². The minimum Gasteiger partial charge on any atom is -0.335 e. The van der Waals surface area contributed by atoms with Gasteiger partial charge in [0.05, 0.1) is 4.88 Å². The largest absolute Gasteiger partial charge is 0.335 e. The van der Waals surface area contributed by atoms with Crippen LogP contribution in [0.25, 0.3) is 10.1 Å². The zero-order valence-electron chi connectivity index (χ0n) is 9.48. The van der Waals surface area contributed by atoms with Gasteiger partial charge in [0, 0.05) is 30.9 Å². The highest BCUT2D eigenvalue weighted by atomic mass is 32.1. The third-order valence-corrected chi connectivity index (χ3v) is 4.14. The van der Waals surface area contributed by atoms with Crippen molar-refractivity contribution in [1.82, 2.24) is 10.2 Å². The highest BCUT2D eigenvalue weighted by Gasteiger charge is 2.19. The topological polar surface area (TPSA) is 32.3 Å². The Bertz CT molecular complexity index is 510. The molecule has 1 N–H and O–H groups in total. The summed E-state index contributed by atoms with van der Waals surface area (Å²) in [5, 5.41) is 4.42. The number of carbonyl (C=O) groups is 1. The van der Waals surface area contributed by atoms with Gasteiger partial charge in [-0.1, -0.05) is 18.2 Å². The predicted octanol–water partition coefficient (Wildman–Crippen LogP) is 1.95. The molecule has 2 heterocycles. The number of amides is 1. The summed E-state index contributed by atoms with van der Waals surface area (Å²) in [6, 6.07) is 10.1. The quantitative estimate of drug-likeness (QED) is 0.834. The number of nitrogens with one attached hydrogen (secondary N) is 1. The molecule has 3 nitrogen and oxygen atoms in total. The lowest BCUT2D eigenvalue weighted by Gasteiger charge is -2.26.